The van der Waals surface area contributed by atoms with Crippen LogP contribution < -0.4 is 20.7 Å². The molecule has 2 unspecified atom stereocenters. The summed E-state index contributed by atoms with van der Waals surface area (Å²) in [5.41, 5.74) is 0.679. The first kappa shape index (κ1) is 34.8. The highest BCUT2D eigenvalue weighted by molar-refractivity contribution is 7.18. The largest absolute Gasteiger partial charge is 0.497 e. The number of likely N-dealkylation sites (N-methyl/N-ethyl adjacent to an activating group) is 1. The molecule has 14 heteroatoms. The lowest BCUT2D eigenvalue weighted by Crippen LogP contribution is -2.62. The third kappa shape index (κ3) is 9.01. The van der Waals surface area contributed by atoms with Crippen molar-refractivity contribution >= 4 is 52.0 Å². The average molecular weight is 666 g/mol. The Hall–Kier alpha value is -5.08. The van der Waals surface area contributed by atoms with E-state index in [0.717, 1.165) is 16.9 Å². The number of anilines is 1. The average Bonchev–Trinajstić information content (AvgIpc) is 3.45. The van der Waals surface area contributed by atoms with Gasteiger partial charge in [0.25, 0.3) is 5.91 Å². The Labute approximate surface area is 275 Å². The Morgan fingerprint density at radius 1 is 0.979 bits per heavy atom. The number of carbonyl (C=O) groups excluding carboxylic acids is 6. The number of ether oxygens (including phenoxy) is 3. The molecule has 2 heterocycles. The van der Waals surface area contributed by atoms with Crippen LogP contribution in [-0.4, -0.2) is 72.5 Å². The molecule has 1 aromatic heterocycles. The lowest BCUT2D eigenvalue weighted by molar-refractivity contribution is -0.733. The van der Waals surface area contributed by atoms with Crippen molar-refractivity contribution in [1.29, 1.82) is 0 Å². The summed E-state index contributed by atoms with van der Waals surface area (Å²) in [6, 6.07) is 15.1. The number of amides is 5. The molecule has 2 aromatic carbocycles. The van der Waals surface area contributed by atoms with E-state index in [0.29, 0.717) is 11.3 Å². The van der Waals surface area contributed by atoms with Gasteiger partial charge in [0.1, 0.15) is 34.6 Å². The van der Waals surface area contributed by atoms with Crippen LogP contribution in [0.4, 0.5) is 14.6 Å². The number of hydrogen-bond acceptors (Lipinski definition) is 10. The van der Waals surface area contributed by atoms with Crippen LogP contribution in [0.1, 0.15) is 58.3 Å². The molecule has 0 bridgehead atoms. The maximum absolute atomic E-state index is 13.7. The number of carbonyl (C=O) groups is 6. The van der Waals surface area contributed by atoms with Crippen molar-refractivity contribution in [2.45, 2.75) is 52.0 Å². The molecule has 0 saturated carbocycles. The molecular formula is C33H37N4O9S+. The monoisotopic (exact) mass is 665 g/mol. The number of ketones is 1. The maximum atomic E-state index is 13.7. The molecule has 13 nitrogen and oxygen atoms in total. The second-order valence-corrected chi connectivity index (χ2v) is 13.0. The van der Waals surface area contributed by atoms with Gasteiger partial charge in [-0.3, -0.25) is 19.7 Å². The number of nitrogens with zero attached hydrogens (tertiary/aromatic N) is 1. The predicted octanol–water partition coefficient (Wildman–Crippen LogP) is 4.41. The van der Waals surface area contributed by atoms with Crippen molar-refractivity contribution in [2.75, 3.05) is 26.0 Å². The minimum atomic E-state index is -1.47. The summed E-state index contributed by atoms with van der Waals surface area (Å²) < 4.78 is 14.7. The van der Waals surface area contributed by atoms with Gasteiger partial charge in [-0.15, -0.1) is 11.3 Å². The number of imide groups is 1. The Morgan fingerprint density at radius 2 is 1.68 bits per heavy atom. The van der Waals surface area contributed by atoms with Crippen LogP contribution in [0.2, 0.25) is 0 Å². The molecule has 3 N–H and O–H groups in total. The van der Waals surface area contributed by atoms with Crippen LogP contribution >= 0.6 is 11.3 Å². The summed E-state index contributed by atoms with van der Waals surface area (Å²) >= 11 is 0.926. The smallest absolute Gasteiger partial charge is 0.429 e. The molecule has 248 valence electrons. The first-order valence-electron chi connectivity index (χ1n) is 14.7. The van der Waals surface area contributed by atoms with Crippen molar-refractivity contribution in [3.63, 3.8) is 0 Å². The van der Waals surface area contributed by atoms with Crippen LogP contribution in [0.25, 0.3) is 0 Å². The number of nitrogens with one attached hydrogen (secondary N) is 3. The highest BCUT2D eigenvalue weighted by Crippen LogP contribution is 2.35. The molecular weight excluding hydrogens is 628 g/mol. The van der Waals surface area contributed by atoms with Gasteiger partial charge in [-0.05, 0) is 50.1 Å². The summed E-state index contributed by atoms with van der Waals surface area (Å²) in [4.78, 5) is 79.1. The van der Waals surface area contributed by atoms with Crippen LogP contribution in [0.5, 0.6) is 5.75 Å². The van der Waals surface area contributed by atoms with E-state index >= 15 is 0 Å². The standard InChI is InChI=1S/C33H36N4O9S/c1-33(2,3)46-27(39)16-24(35-32(43)45-19-20-10-7-6-8-11-20)25(38)18-37(4)30(41)23-15-26(47-29(23)36-31(37)42)28(40)34-17-21-12-9-13-22(14-21)44-5/h6-15,24H,16-19H2,1-5H3,(H2-,34,35,36,40,41,42,43)/p+1. The van der Waals surface area contributed by atoms with Crippen LogP contribution in [-0.2, 0) is 32.2 Å². The van der Waals surface area contributed by atoms with Gasteiger partial charge in [0.05, 0.1) is 25.5 Å². The Kier molecular flexibility index (Phi) is 10.8. The fraction of sp³-hybridized carbons (Fsp3) is 0.333. The van der Waals surface area contributed by atoms with E-state index in [1.54, 1.807) is 69.3 Å². The third-order valence-corrected chi connectivity index (χ3v) is 8.10. The SMILES string of the molecule is COc1cccc(CNC(=O)c2cc3c(s2)NC(=O)[N+](C)(CC(=O)C(CC(=O)OC(C)(C)C)NC(=O)OCc2ccccc2)C3=O)c1. The number of fused-ring (bicyclic) bond motifs is 1. The topological polar surface area (TPSA) is 166 Å². The molecule has 0 saturated heterocycles. The van der Waals surface area contributed by atoms with Gasteiger partial charge < -0.3 is 24.8 Å². The number of hydrogen-bond donors (Lipinski definition) is 3. The molecule has 0 aliphatic carbocycles. The normalized spacial score (nSPS) is 16.3. The van der Waals surface area contributed by atoms with E-state index in [1.807, 2.05) is 6.07 Å². The van der Waals surface area contributed by atoms with Gasteiger partial charge in [0.2, 0.25) is 5.78 Å². The molecule has 0 radical (unpaired) electrons. The van der Waals surface area contributed by atoms with Gasteiger partial charge in [-0.1, -0.05) is 42.5 Å². The second-order valence-electron chi connectivity index (χ2n) is 12.0. The summed E-state index contributed by atoms with van der Waals surface area (Å²) in [5, 5.41) is 7.96. The zero-order valence-corrected chi connectivity index (χ0v) is 27.5. The molecule has 0 fully saturated rings. The minimum absolute atomic E-state index is 0.0513. The summed E-state index contributed by atoms with van der Waals surface area (Å²) in [7, 11) is 2.79. The maximum Gasteiger partial charge on any atom is 0.429 e. The first-order chi connectivity index (χ1) is 22.2. The van der Waals surface area contributed by atoms with Crippen LogP contribution in [0, 0.1) is 0 Å². The molecule has 1 aliphatic heterocycles. The molecule has 5 amide bonds. The zero-order valence-electron chi connectivity index (χ0n) is 26.7. The number of Topliss-reactive ketones (excluding diaryl/α,β-unsaturated/α-hetero) is 1. The number of methoxy groups -OCH3 is 1. The molecule has 3 aromatic rings. The van der Waals surface area contributed by atoms with Crippen molar-refractivity contribution < 1.29 is 47.5 Å². The van der Waals surface area contributed by atoms with Gasteiger partial charge >= 0.3 is 24.0 Å². The Bertz CT molecular complexity index is 1680. The number of esters is 1. The quantitative estimate of drug-likeness (QED) is 0.188. The van der Waals surface area contributed by atoms with E-state index in [9.17, 15) is 28.8 Å². The molecule has 1 aliphatic rings. The molecule has 47 heavy (non-hydrogen) atoms. The van der Waals surface area contributed by atoms with Crippen LogP contribution in [0.3, 0.4) is 0 Å². The predicted molar refractivity (Wildman–Crippen MR) is 172 cm³/mol. The lowest BCUT2D eigenvalue weighted by atomic mass is 10.1. The van der Waals surface area contributed by atoms with E-state index in [-0.39, 0.29) is 28.6 Å². The minimum Gasteiger partial charge on any atom is -0.497 e. The third-order valence-electron chi connectivity index (χ3n) is 7.05. The Balaban J connectivity index is 1.47. The summed E-state index contributed by atoms with van der Waals surface area (Å²) in [6.45, 7) is 4.35. The molecule has 0 spiro atoms. The van der Waals surface area contributed by atoms with Crippen molar-refractivity contribution in [3.8, 4) is 5.75 Å². The summed E-state index contributed by atoms with van der Waals surface area (Å²) in [5.74, 6) is -2.12. The number of alkyl carbamates (subject to hydrolysis) is 1. The highest BCUT2D eigenvalue weighted by Gasteiger charge is 2.50. The van der Waals surface area contributed by atoms with Crippen LogP contribution in [0.15, 0.2) is 60.7 Å². The van der Waals surface area contributed by atoms with Crippen molar-refractivity contribution in [2.24, 2.45) is 0 Å². The number of benzene rings is 2. The number of urea groups is 1. The van der Waals surface area contributed by atoms with Crippen molar-refractivity contribution in [3.05, 3.63) is 82.2 Å². The number of rotatable bonds is 12. The molecule has 4 rings (SSSR count). The number of thiophene rings is 1. The van der Waals surface area contributed by atoms with Gasteiger partial charge in [-0.25, -0.2) is 14.4 Å². The van der Waals surface area contributed by atoms with E-state index < -0.39 is 64.8 Å². The fourth-order valence-electron chi connectivity index (χ4n) is 4.65. The van der Waals surface area contributed by atoms with E-state index in [2.05, 4.69) is 16.0 Å². The fourth-order valence-corrected chi connectivity index (χ4v) is 5.61. The Morgan fingerprint density at radius 3 is 2.36 bits per heavy atom. The zero-order chi connectivity index (χ0) is 34.4. The molecule has 2 atom stereocenters. The first-order valence-corrected chi connectivity index (χ1v) is 15.5. The van der Waals surface area contributed by atoms with Crippen molar-refractivity contribution in [1.82, 2.24) is 10.6 Å². The highest BCUT2D eigenvalue weighted by atomic mass is 32.1. The second kappa shape index (κ2) is 14.6. The lowest BCUT2D eigenvalue weighted by Gasteiger charge is -2.32. The summed E-state index contributed by atoms with van der Waals surface area (Å²) in [6.07, 6.45) is -1.54. The number of quaternary nitrogens is 1. The van der Waals surface area contributed by atoms with E-state index in [4.69, 9.17) is 14.2 Å². The van der Waals surface area contributed by atoms with Gasteiger partial charge in [0, 0.05) is 6.54 Å². The van der Waals surface area contributed by atoms with Gasteiger partial charge in [0.15, 0.2) is 6.54 Å². The van der Waals surface area contributed by atoms with Gasteiger partial charge in [-0.2, -0.15) is 4.48 Å². The van der Waals surface area contributed by atoms with E-state index in [1.165, 1.54) is 20.2 Å².